The zero-order valence-electron chi connectivity index (χ0n) is 29.4. The number of hydrogen-bond acceptors (Lipinski definition) is 7. The fourth-order valence-corrected chi connectivity index (χ4v) is 8.24. The molecule has 7 heteroatoms. The summed E-state index contributed by atoms with van der Waals surface area (Å²) >= 11 is 0. The number of ether oxygens (including phenoxy) is 5. The van der Waals surface area contributed by atoms with Gasteiger partial charge < -0.3 is 33.7 Å². The SMILES string of the molecule is COc1ccc(C2(c3ccc(N4CCOCC4)cc3)C=Cc3c4c(c5ccc(OC)cc5c3O2)-c2ccc(OC)cc2C4(O)c2ccccc2)cc1. The quantitative estimate of drug-likeness (QED) is 0.181. The van der Waals surface area contributed by atoms with Crippen LogP contribution >= 0.6 is 0 Å². The Kier molecular flexibility index (Phi) is 7.72. The second-order valence-corrected chi connectivity index (χ2v) is 13.4. The number of nitrogens with zero attached hydrogens (tertiary/aromatic N) is 1. The highest BCUT2D eigenvalue weighted by Crippen LogP contribution is 2.60. The minimum atomic E-state index is -1.49. The molecule has 2 heterocycles. The van der Waals surface area contributed by atoms with E-state index in [1.54, 1.807) is 21.3 Å². The molecule has 0 aromatic heterocycles. The van der Waals surface area contributed by atoms with Crippen LogP contribution in [0.5, 0.6) is 23.0 Å². The van der Waals surface area contributed by atoms with Crippen LogP contribution in [-0.4, -0.2) is 52.7 Å². The zero-order valence-corrected chi connectivity index (χ0v) is 29.4. The number of aliphatic hydroxyl groups is 1. The molecule has 6 aromatic rings. The van der Waals surface area contributed by atoms with E-state index in [0.717, 1.165) is 79.8 Å². The van der Waals surface area contributed by atoms with Crippen LogP contribution in [0, 0.1) is 0 Å². The van der Waals surface area contributed by atoms with Crippen molar-refractivity contribution >= 4 is 22.5 Å². The minimum absolute atomic E-state index is 0.664. The van der Waals surface area contributed by atoms with Crippen molar-refractivity contribution in [1.82, 2.24) is 0 Å². The van der Waals surface area contributed by atoms with E-state index in [2.05, 4.69) is 65.6 Å². The van der Waals surface area contributed by atoms with Crippen molar-refractivity contribution in [3.63, 3.8) is 0 Å². The molecular weight excluding hydrogens is 650 g/mol. The topological polar surface area (TPSA) is 69.6 Å². The van der Waals surface area contributed by atoms with Gasteiger partial charge in [0.2, 0.25) is 0 Å². The van der Waals surface area contributed by atoms with Crippen molar-refractivity contribution < 1.29 is 28.8 Å². The van der Waals surface area contributed by atoms with Gasteiger partial charge in [0.25, 0.3) is 0 Å². The number of fused-ring (bicyclic) bond motifs is 8. The number of rotatable bonds is 7. The summed E-state index contributed by atoms with van der Waals surface area (Å²) in [5.74, 6) is 2.81. The number of methoxy groups -OCH3 is 3. The van der Waals surface area contributed by atoms with Gasteiger partial charge in [-0.3, -0.25) is 0 Å². The van der Waals surface area contributed by atoms with Gasteiger partial charge in [-0.1, -0.05) is 66.7 Å². The van der Waals surface area contributed by atoms with Gasteiger partial charge in [0.1, 0.15) is 28.6 Å². The third-order valence-electron chi connectivity index (χ3n) is 10.9. The first-order valence-corrected chi connectivity index (χ1v) is 17.6. The van der Waals surface area contributed by atoms with Gasteiger partial charge in [-0.15, -0.1) is 0 Å². The maximum atomic E-state index is 13.3. The maximum Gasteiger partial charge on any atom is 0.178 e. The van der Waals surface area contributed by atoms with Crippen LogP contribution in [-0.2, 0) is 15.9 Å². The summed E-state index contributed by atoms with van der Waals surface area (Å²) in [7, 11) is 5.00. The Morgan fingerprint density at radius 2 is 1.29 bits per heavy atom. The Labute approximate surface area is 303 Å². The highest BCUT2D eigenvalue weighted by molar-refractivity contribution is 6.09. The van der Waals surface area contributed by atoms with E-state index in [1.807, 2.05) is 66.7 Å². The van der Waals surface area contributed by atoms with Crippen LogP contribution < -0.4 is 23.8 Å². The third kappa shape index (κ3) is 4.80. The molecule has 0 radical (unpaired) electrons. The van der Waals surface area contributed by atoms with Crippen LogP contribution in [0.15, 0.2) is 121 Å². The largest absolute Gasteiger partial charge is 0.497 e. The van der Waals surface area contributed by atoms with E-state index in [-0.39, 0.29) is 0 Å². The summed E-state index contributed by atoms with van der Waals surface area (Å²) in [4.78, 5) is 2.35. The van der Waals surface area contributed by atoms with Gasteiger partial charge in [0.15, 0.2) is 5.60 Å². The third-order valence-corrected chi connectivity index (χ3v) is 10.9. The first kappa shape index (κ1) is 32.2. The van der Waals surface area contributed by atoms with Gasteiger partial charge in [0, 0.05) is 52.0 Å². The van der Waals surface area contributed by atoms with E-state index in [4.69, 9.17) is 23.7 Å². The monoisotopic (exact) mass is 689 g/mol. The smallest absolute Gasteiger partial charge is 0.178 e. The molecule has 1 N–H and O–H groups in total. The molecule has 0 spiro atoms. The van der Waals surface area contributed by atoms with E-state index < -0.39 is 11.2 Å². The summed E-state index contributed by atoms with van der Waals surface area (Å²) < 4.78 is 30.2. The normalized spacial score (nSPS) is 20.1. The molecule has 7 nitrogen and oxygen atoms in total. The van der Waals surface area contributed by atoms with Crippen LogP contribution in [0.25, 0.3) is 28.0 Å². The predicted octanol–water partition coefficient (Wildman–Crippen LogP) is 8.32. The summed E-state index contributed by atoms with van der Waals surface area (Å²) in [5.41, 5.74) is 5.57. The van der Waals surface area contributed by atoms with Crippen LogP contribution in [0.4, 0.5) is 5.69 Å². The Morgan fingerprint density at radius 1 is 0.654 bits per heavy atom. The molecule has 3 aliphatic rings. The lowest BCUT2D eigenvalue weighted by molar-refractivity contribution is 0.122. The summed E-state index contributed by atoms with van der Waals surface area (Å²) in [6.45, 7) is 3.13. The van der Waals surface area contributed by atoms with E-state index in [1.165, 1.54) is 0 Å². The predicted molar refractivity (Wildman–Crippen MR) is 204 cm³/mol. The summed E-state index contributed by atoms with van der Waals surface area (Å²) in [5, 5.41) is 15.1. The molecule has 2 unspecified atom stereocenters. The van der Waals surface area contributed by atoms with Crippen molar-refractivity contribution in [2.45, 2.75) is 11.2 Å². The molecule has 52 heavy (non-hydrogen) atoms. The van der Waals surface area contributed by atoms with E-state index in [0.29, 0.717) is 30.5 Å². The molecule has 0 amide bonds. The summed E-state index contributed by atoms with van der Waals surface area (Å²) in [6.07, 6.45) is 4.26. The average Bonchev–Trinajstić information content (AvgIpc) is 3.49. The second kappa shape index (κ2) is 12.5. The van der Waals surface area contributed by atoms with Crippen molar-refractivity contribution in [2.24, 2.45) is 0 Å². The number of benzene rings is 6. The molecule has 9 rings (SSSR count). The number of morpholine rings is 1. The maximum absolute atomic E-state index is 13.3. The molecule has 260 valence electrons. The van der Waals surface area contributed by atoms with Crippen LogP contribution in [0.2, 0.25) is 0 Å². The van der Waals surface area contributed by atoms with Crippen molar-refractivity contribution in [2.75, 3.05) is 52.5 Å². The van der Waals surface area contributed by atoms with Crippen LogP contribution in [0.3, 0.4) is 0 Å². The molecule has 1 fully saturated rings. The van der Waals surface area contributed by atoms with Crippen molar-refractivity contribution in [1.29, 1.82) is 0 Å². The molecule has 0 saturated carbocycles. The lowest BCUT2D eigenvalue weighted by Gasteiger charge is -2.39. The van der Waals surface area contributed by atoms with Gasteiger partial charge >= 0.3 is 0 Å². The summed E-state index contributed by atoms with van der Waals surface area (Å²) in [6, 6.07) is 38.6. The lowest BCUT2D eigenvalue weighted by atomic mass is 9.78. The molecule has 0 bridgehead atoms. The molecule has 1 saturated heterocycles. The fourth-order valence-electron chi connectivity index (χ4n) is 8.24. The molecule has 1 aliphatic carbocycles. The van der Waals surface area contributed by atoms with Gasteiger partial charge in [-0.2, -0.15) is 0 Å². The van der Waals surface area contributed by atoms with E-state index in [9.17, 15) is 5.11 Å². The molecule has 6 aromatic carbocycles. The highest BCUT2D eigenvalue weighted by atomic mass is 16.5. The molecular formula is C45H39NO6. The molecule has 2 atom stereocenters. The Morgan fingerprint density at radius 3 is 1.98 bits per heavy atom. The zero-order chi connectivity index (χ0) is 35.5. The standard InChI is InChI=1S/C45H39NO6/c1-48-33-15-11-30(12-16-33)44(29-9-13-32(14-10-29)46-23-25-51-26-24-46)22-21-38-42-41(36-19-17-34(49-2)27-39(36)43(38)52-44)37-20-18-35(50-3)28-40(37)45(42,47)31-7-5-4-6-8-31/h4-22,27-28,47H,23-26H2,1-3H3. The van der Waals surface area contributed by atoms with Gasteiger partial charge in [-0.25, -0.2) is 0 Å². The highest BCUT2D eigenvalue weighted by Gasteiger charge is 2.49. The second-order valence-electron chi connectivity index (χ2n) is 13.4. The number of anilines is 1. The van der Waals surface area contributed by atoms with Gasteiger partial charge in [0.05, 0.1) is 34.5 Å². The first-order chi connectivity index (χ1) is 25.5. The van der Waals surface area contributed by atoms with Crippen molar-refractivity contribution in [3.8, 4) is 34.1 Å². The van der Waals surface area contributed by atoms with Crippen LogP contribution in [0.1, 0.15) is 33.4 Å². The first-order valence-electron chi connectivity index (χ1n) is 17.6. The fraction of sp³-hybridized carbons (Fsp3) is 0.200. The lowest BCUT2D eigenvalue weighted by Crippen LogP contribution is -2.37. The average molecular weight is 690 g/mol. The minimum Gasteiger partial charge on any atom is -0.497 e. The Balaban J connectivity index is 1.32. The Bertz CT molecular complexity index is 2330. The Hall–Kier alpha value is -5.76. The number of hydrogen-bond donors (Lipinski definition) is 1. The van der Waals surface area contributed by atoms with Gasteiger partial charge in [-0.05, 0) is 82.7 Å². The van der Waals surface area contributed by atoms with E-state index >= 15 is 0 Å². The molecule has 2 aliphatic heterocycles. The van der Waals surface area contributed by atoms with Crippen molar-refractivity contribution in [3.05, 3.63) is 155 Å².